The third-order valence-electron chi connectivity index (χ3n) is 6.11. The topological polar surface area (TPSA) is 133 Å². The summed E-state index contributed by atoms with van der Waals surface area (Å²) in [5.74, 6) is 0.131. The maximum atomic E-state index is 13.3. The molecule has 0 radical (unpaired) electrons. The van der Waals surface area contributed by atoms with E-state index in [0.29, 0.717) is 17.8 Å². The van der Waals surface area contributed by atoms with E-state index in [1.807, 2.05) is 0 Å². The number of urea groups is 1. The van der Waals surface area contributed by atoms with Crippen molar-refractivity contribution in [1.29, 1.82) is 0 Å². The van der Waals surface area contributed by atoms with Gasteiger partial charge in [0.05, 0.1) is 46.3 Å². The molecule has 0 aliphatic carbocycles. The molecule has 5 aromatic rings. The van der Waals surface area contributed by atoms with Crippen molar-refractivity contribution in [1.82, 2.24) is 24.7 Å². The van der Waals surface area contributed by atoms with Gasteiger partial charge in [0.15, 0.2) is 0 Å². The van der Waals surface area contributed by atoms with Crippen LogP contribution in [-0.2, 0) is 19.0 Å². The summed E-state index contributed by atoms with van der Waals surface area (Å²) in [5.41, 5.74) is 4.08. The third kappa shape index (κ3) is 7.26. The highest BCUT2D eigenvalue weighted by atomic mass is 19.4. The van der Waals surface area contributed by atoms with Crippen LogP contribution in [0.25, 0.3) is 16.8 Å². The van der Waals surface area contributed by atoms with Crippen LogP contribution in [0.3, 0.4) is 0 Å². The van der Waals surface area contributed by atoms with E-state index in [4.69, 9.17) is 10.5 Å². The van der Waals surface area contributed by atoms with E-state index in [9.17, 15) is 35.5 Å². The first-order valence-electron chi connectivity index (χ1n) is 12.6. The minimum Gasteiger partial charge on any atom is -0.424 e. The van der Waals surface area contributed by atoms with Crippen molar-refractivity contribution in [2.24, 2.45) is 0 Å². The maximum Gasteiger partial charge on any atom is 0.417 e. The van der Waals surface area contributed by atoms with Crippen LogP contribution in [-0.4, -0.2) is 30.8 Å². The third-order valence-corrected chi connectivity index (χ3v) is 6.11. The summed E-state index contributed by atoms with van der Waals surface area (Å²) in [5, 5.41) is 8.63. The Labute approximate surface area is 248 Å². The van der Waals surface area contributed by atoms with Crippen LogP contribution in [0.15, 0.2) is 79.4 Å². The van der Waals surface area contributed by atoms with Crippen molar-refractivity contribution in [3.63, 3.8) is 0 Å². The molecule has 0 bridgehead atoms. The Morgan fingerprint density at radius 2 is 1.53 bits per heavy atom. The molecule has 5 rings (SSSR count). The summed E-state index contributed by atoms with van der Waals surface area (Å²) >= 11 is 0. The van der Waals surface area contributed by atoms with Gasteiger partial charge in [-0.1, -0.05) is 12.1 Å². The van der Waals surface area contributed by atoms with E-state index in [2.05, 4.69) is 30.7 Å². The molecule has 0 saturated heterocycles. The molecule has 2 amide bonds. The SMILES string of the molecule is Nc1ncc(C(F)(F)F)cc1-c1ccc(Oc2ncc(NC(=O)Nc3cc(C(F)(F)F)ccc3-n3ccc(CF)n3)cn2)cc1. The number of nitrogen functional groups attached to an aromatic ring is 1. The lowest BCUT2D eigenvalue weighted by atomic mass is 10.0. The number of carbonyl (C=O) groups is 1. The van der Waals surface area contributed by atoms with Crippen LogP contribution in [0.2, 0.25) is 0 Å². The lowest BCUT2D eigenvalue weighted by Crippen LogP contribution is -2.21. The number of alkyl halides is 7. The number of aromatic nitrogens is 5. The lowest BCUT2D eigenvalue weighted by molar-refractivity contribution is -0.138. The molecule has 0 aliphatic rings. The molecule has 0 aliphatic heterocycles. The molecule has 10 nitrogen and oxygen atoms in total. The zero-order valence-corrected chi connectivity index (χ0v) is 22.5. The van der Waals surface area contributed by atoms with Crippen LogP contribution in [0, 0.1) is 0 Å². The Morgan fingerprint density at radius 3 is 2.16 bits per heavy atom. The minimum atomic E-state index is -4.70. The largest absolute Gasteiger partial charge is 0.424 e. The van der Waals surface area contributed by atoms with Gasteiger partial charge >= 0.3 is 24.4 Å². The number of anilines is 3. The van der Waals surface area contributed by atoms with Crippen molar-refractivity contribution in [3.8, 4) is 28.6 Å². The number of amides is 2. The standard InChI is InChI=1S/C28H19F7N8O2/c29-11-18-7-8-43(42-18)23-6-3-16(27(30,31)32)10-22(23)41-25(44)40-19-13-38-26(39-14-19)45-20-4-1-15(2-5-20)21-9-17(28(33,34)35)12-37-24(21)36/h1-10,12-14H,11H2,(H2,36,37)(H2,40,41,44). The summed E-state index contributed by atoms with van der Waals surface area (Å²) in [4.78, 5) is 24.2. The van der Waals surface area contributed by atoms with Crippen molar-refractivity contribution < 1.29 is 40.3 Å². The predicted octanol–water partition coefficient (Wildman–Crippen LogP) is 7.25. The second-order valence-electron chi connectivity index (χ2n) is 9.23. The van der Waals surface area contributed by atoms with Gasteiger partial charge in [-0.25, -0.2) is 28.8 Å². The van der Waals surface area contributed by atoms with Gasteiger partial charge in [-0.3, -0.25) is 0 Å². The molecule has 3 aromatic heterocycles. The number of carbonyl (C=O) groups excluding carboxylic acids is 1. The molecule has 4 N–H and O–H groups in total. The Bertz CT molecular complexity index is 1820. The van der Waals surface area contributed by atoms with E-state index in [1.165, 1.54) is 48.9 Å². The number of rotatable bonds is 7. The molecule has 232 valence electrons. The molecule has 2 aromatic carbocycles. The summed E-state index contributed by atoms with van der Waals surface area (Å²) in [6.45, 7) is -0.894. The number of ether oxygens (including phenoxy) is 1. The second kappa shape index (κ2) is 12.1. The highest BCUT2D eigenvalue weighted by Crippen LogP contribution is 2.35. The Morgan fingerprint density at radius 1 is 0.844 bits per heavy atom. The number of hydrogen-bond donors (Lipinski definition) is 3. The number of hydrogen-bond acceptors (Lipinski definition) is 7. The van der Waals surface area contributed by atoms with Crippen molar-refractivity contribution in [3.05, 3.63) is 96.2 Å². The Hall–Kier alpha value is -5.74. The van der Waals surface area contributed by atoms with Gasteiger partial charge in [-0.2, -0.15) is 31.4 Å². The second-order valence-corrected chi connectivity index (χ2v) is 9.23. The number of halogens is 7. The van der Waals surface area contributed by atoms with Crippen molar-refractivity contribution in [2.75, 3.05) is 16.4 Å². The first-order valence-corrected chi connectivity index (χ1v) is 12.6. The number of benzene rings is 2. The summed E-state index contributed by atoms with van der Waals surface area (Å²) in [6.07, 6.45) is -4.99. The van der Waals surface area contributed by atoms with Crippen LogP contribution >= 0.6 is 0 Å². The van der Waals surface area contributed by atoms with E-state index in [-0.39, 0.29) is 45.9 Å². The molecule has 0 unspecified atom stereocenters. The number of nitrogens with two attached hydrogens (primary N) is 1. The summed E-state index contributed by atoms with van der Waals surface area (Å²) < 4.78 is 98.8. The average molecular weight is 632 g/mol. The molecule has 0 fully saturated rings. The smallest absolute Gasteiger partial charge is 0.417 e. The molecule has 0 saturated carbocycles. The molecule has 0 spiro atoms. The molecule has 45 heavy (non-hydrogen) atoms. The highest BCUT2D eigenvalue weighted by Gasteiger charge is 2.32. The fourth-order valence-corrected chi connectivity index (χ4v) is 3.97. The first kappa shape index (κ1) is 30.7. The fourth-order valence-electron chi connectivity index (χ4n) is 3.97. The minimum absolute atomic E-state index is 0.0402. The van der Waals surface area contributed by atoms with Crippen LogP contribution < -0.4 is 21.1 Å². The highest BCUT2D eigenvalue weighted by molar-refractivity contribution is 6.00. The molecular formula is C28H19F7N8O2. The lowest BCUT2D eigenvalue weighted by Gasteiger charge is -2.15. The van der Waals surface area contributed by atoms with Gasteiger partial charge in [-0.05, 0) is 48.0 Å². The fraction of sp³-hybridized carbons (Fsp3) is 0.107. The van der Waals surface area contributed by atoms with E-state index in [0.717, 1.165) is 22.9 Å². The average Bonchev–Trinajstić information content (AvgIpc) is 3.47. The quantitative estimate of drug-likeness (QED) is 0.161. The van der Waals surface area contributed by atoms with Gasteiger partial charge < -0.3 is 21.1 Å². The monoisotopic (exact) mass is 632 g/mol. The first-order chi connectivity index (χ1) is 21.3. The van der Waals surface area contributed by atoms with Gasteiger partial charge in [0, 0.05) is 18.0 Å². The Kier molecular flexibility index (Phi) is 8.26. The zero-order chi connectivity index (χ0) is 32.4. The van der Waals surface area contributed by atoms with Gasteiger partial charge in [-0.15, -0.1) is 0 Å². The van der Waals surface area contributed by atoms with Gasteiger partial charge in [0.25, 0.3) is 0 Å². The van der Waals surface area contributed by atoms with E-state index >= 15 is 0 Å². The van der Waals surface area contributed by atoms with Crippen LogP contribution in [0.1, 0.15) is 16.8 Å². The zero-order valence-electron chi connectivity index (χ0n) is 22.5. The number of nitrogens with zero attached hydrogens (tertiary/aromatic N) is 5. The van der Waals surface area contributed by atoms with Crippen LogP contribution in [0.5, 0.6) is 11.8 Å². The normalized spacial score (nSPS) is 11.7. The van der Waals surface area contributed by atoms with Crippen LogP contribution in [0.4, 0.5) is 52.7 Å². The molecular weight excluding hydrogens is 613 g/mol. The summed E-state index contributed by atoms with van der Waals surface area (Å²) in [6, 6.07) is 9.54. The van der Waals surface area contributed by atoms with Crippen molar-refractivity contribution in [2.45, 2.75) is 19.0 Å². The molecule has 3 heterocycles. The number of pyridine rings is 1. The van der Waals surface area contributed by atoms with Gasteiger partial charge in [0.2, 0.25) is 0 Å². The Balaban J connectivity index is 1.26. The van der Waals surface area contributed by atoms with E-state index < -0.39 is 36.2 Å². The summed E-state index contributed by atoms with van der Waals surface area (Å²) in [7, 11) is 0. The number of nitrogens with one attached hydrogen (secondary N) is 2. The molecule has 17 heteroatoms. The molecule has 0 atom stereocenters. The van der Waals surface area contributed by atoms with Gasteiger partial charge in [0.1, 0.15) is 18.2 Å². The van der Waals surface area contributed by atoms with E-state index in [1.54, 1.807) is 0 Å². The van der Waals surface area contributed by atoms with Crippen molar-refractivity contribution >= 4 is 23.2 Å². The predicted molar refractivity (Wildman–Crippen MR) is 147 cm³/mol. The maximum absolute atomic E-state index is 13.3.